The summed E-state index contributed by atoms with van der Waals surface area (Å²) in [5.41, 5.74) is 7.99. The molecule has 1 unspecified atom stereocenters. The molecule has 17 heavy (non-hydrogen) atoms. The molecule has 0 aliphatic rings. The van der Waals surface area contributed by atoms with Gasteiger partial charge < -0.3 is 11.1 Å². The van der Waals surface area contributed by atoms with Crippen LogP contribution >= 0.6 is 0 Å². The summed E-state index contributed by atoms with van der Waals surface area (Å²) in [5, 5.41) is 2.91. The molecule has 0 spiro atoms. The number of amides is 1. The van der Waals surface area contributed by atoms with Crippen molar-refractivity contribution >= 4 is 5.91 Å². The Labute approximate surface area is 103 Å². The summed E-state index contributed by atoms with van der Waals surface area (Å²) in [7, 11) is 0. The predicted octanol–water partition coefficient (Wildman–Crippen LogP) is 2.08. The highest BCUT2D eigenvalue weighted by atomic mass is 16.2. The fraction of sp³-hybridized carbons (Fsp3) is 0.357. The first kappa shape index (κ1) is 13.5. The van der Waals surface area contributed by atoms with E-state index in [-0.39, 0.29) is 11.9 Å². The maximum atomic E-state index is 11.7. The highest BCUT2D eigenvalue weighted by molar-refractivity contribution is 5.82. The Morgan fingerprint density at radius 2 is 2.18 bits per heavy atom. The number of benzene rings is 1. The van der Waals surface area contributed by atoms with E-state index in [1.54, 1.807) is 6.08 Å². The van der Waals surface area contributed by atoms with Gasteiger partial charge in [-0.2, -0.15) is 0 Å². The zero-order chi connectivity index (χ0) is 12.8. The topological polar surface area (TPSA) is 55.1 Å². The minimum atomic E-state index is -0.515. The van der Waals surface area contributed by atoms with Crippen molar-refractivity contribution in [3.05, 3.63) is 48.0 Å². The highest BCUT2D eigenvalue weighted by Gasteiger charge is 2.15. The lowest BCUT2D eigenvalue weighted by atomic mass is 10.0. The van der Waals surface area contributed by atoms with Crippen LogP contribution in [0.3, 0.4) is 0 Å². The fourth-order valence-electron chi connectivity index (χ4n) is 1.76. The number of nitrogens with one attached hydrogen (secondary N) is 1. The molecule has 2 atom stereocenters. The average Bonchev–Trinajstić information content (AvgIpc) is 2.29. The Morgan fingerprint density at radius 1 is 1.53 bits per heavy atom. The molecule has 3 N–H and O–H groups in total. The zero-order valence-electron chi connectivity index (χ0n) is 10.4. The lowest BCUT2D eigenvalue weighted by molar-refractivity contribution is -0.122. The third-order valence-electron chi connectivity index (χ3n) is 2.77. The third kappa shape index (κ3) is 3.71. The van der Waals surface area contributed by atoms with Gasteiger partial charge in [0.1, 0.15) is 0 Å². The molecule has 1 amide bonds. The molecule has 0 aromatic heterocycles. The summed E-state index contributed by atoms with van der Waals surface area (Å²) >= 11 is 0. The number of nitrogens with two attached hydrogens (primary N) is 1. The van der Waals surface area contributed by atoms with E-state index in [4.69, 9.17) is 5.73 Å². The van der Waals surface area contributed by atoms with Crippen molar-refractivity contribution in [3.8, 4) is 0 Å². The van der Waals surface area contributed by atoms with E-state index in [1.807, 2.05) is 38.1 Å². The Balaban J connectivity index is 2.66. The SMILES string of the molecule is C=CCC(N)C(=O)N[C@@H](C)c1ccccc1C. The maximum Gasteiger partial charge on any atom is 0.237 e. The van der Waals surface area contributed by atoms with Crippen LogP contribution in [-0.2, 0) is 4.79 Å². The number of carbonyl (C=O) groups is 1. The first-order valence-electron chi connectivity index (χ1n) is 5.78. The molecule has 0 aliphatic carbocycles. The molecular weight excluding hydrogens is 212 g/mol. The molecule has 1 aromatic rings. The van der Waals surface area contributed by atoms with E-state index in [2.05, 4.69) is 11.9 Å². The van der Waals surface area contributed by atoms with E-state index in [0.29, 0.717) is 6.42 Å². The van der Waals surface area contributed by atoms with Crippen molar-refractivity contribution in [3.63, 3.8) is 0 Å². The van der Waals surface area contributed by atoms with Gasteiger partial charge in [0.25, 0.3) is 0 Å². The summed E-state index contributed by atoms with van der Waals surface area (Å²) in [5.74, 6) is -0.138. The molecule has 3 heteroatoms. The van der Waals surface area contributed by atoms with Gasteiger partial charge in [0.05, 0.1) is 12.1 Å². The Hall–Kier alpha value is -1.61. The minimum absolute atomic E-state index is 0.0282. The van der Waals surface area contributed by atoms with Crippen LogP contribution in [0.1, 0.15) is 30.5 Å². The maximum absolute atomic E-state index is 11.7. The van der Waals surface area contributed by atoms with Crippen molar-refractivity contribution in [1.82, 2.24) is 5.32 Å². The van der Waals surface area contributed by atoms with Crippen molar-refractivity contribution in [2.24, 2.45) is 5.73 Å². The summed E-state index contributed by atoms with van der Waals surface area (Å²) in [6.45, 7) is 7.56. The Kier molecular flexibility index (Phi) is 4.91. The number of carbonyl (C=O) groups excluding carboxylic acids is 1. The molecular formula is C14H20N2O. The van der Waals surface area contributed by atoms with Crippen molar-refractivity contribution in [2.45, 2.75) is 32.4 Å². The fourth-order valence-corrected chi connectivity index (χ4v) is 1.76. The van der Waals surface area contributed by atoms with Gasteiger partial charge in [0.2, 0.25) is 5.91 Å². The van der Waals surface area contributed by atoms with Gasteiger partial charge >= 0.3 is 0 Å². The van der Waals surface area contributed by atoms with E-state index < -0.39 is 6.04 Å². The van der Waals surface area contributed by atoms with E-state index >= 15 is 0 Å². The normalized spacial score (nSPS) is 13.8. The average molecular weight is 232 g/mol. The quantitative estimate of drug-likeness (QED) is 0.764. The predicted molar refractivity (Wildman–Crippen MR) is 70.5 cm³/mol. The first-order valence-corrected chi connectivity index (χ1v) is 5.78. The smallest absolute Gasteiger partial charge is 0.237 e. The van der Waals surface area contributed by atoms with Crippen LogP contribution in [0.2, 0.25) is 0 Å². The molecule has 3 nitrogen and oxygen atoms in total. The second-order valence-corrected chi connectivity index (χ2v) is 4.22. The molecule has 0 bridgehead atoms. The molecule has 92 valence electrons. The van der Waals surface area contributed by atoms with Gasteiger partial charge in [0, 0.05) is 0 Å². The van der Waals surface area contributed by atoms with Gasteiger partial charge in [-0.25, -0.2) is 0 Å². The standard InChI is InChI=1S/C14H20N2O/c1-4-7-13(15)14(17)16-11(3)12-9-6-5-8-10(12)2/h4-6,8-9,11,13H,1,7,15H2,2-3H3,(H,16,17)/t11-,13?/m0/s1. The van der Waals surface area contributed by atoms with Crippen LogP contribution in [-0.4, -0.2) is 11.9 Å². The lowest BCUT2D eigenvalue weighted by Gasteiger charge is -2.18. The Morgan fingerprint density at radius 3 is 2.76 bits per heavy atom. The minimum Gasteiger partial charge on any atom is -0.348 e. The van der Waals surface area contributed by atoms with Gasteiger partial charge in [-0.1, -0.05) is 30.3 Å². The second-order valence-electron chi connectivity index (χ2n) is 4.22. The van der Waals surface area contributed by atoms with Crippen molar-refractivity contribution in [1.29, 1.82) is 0 Å². The summed E-state index contributed by atoms with van der Waals surface area (Å²) in [6, 6.07) is 7.45. The van der Waals surface area contributed by atoms with E-state index in [1.165, 1.54) is 0 Å². The number of aryl methyl sites for hydroxylation is 1. The van der Waals surface area contributed by atoms with Crippen LogP contribution in [0.15, 0.2) is 36.9 Å². The summed E-state index contributed by atoms with van der Waals surface area (Å²) in [6.07, 6.45) is 2.15. The number of rotatable bonds is 5. The van der Waals surface area contributed by atoms with Crippen LogP contribution in [0.25, 0.3) is 0 Å². The first-order chi connectivity index (χ1) is 8.06. The van der Waals surface area contributed by atoms with Crippen LogP contribution in [0.4, 0.5) is 0 Å². The van der Waals surface area contributed by atoms with E-state index in [9.17, 15) is 4.79 Å². The second kappa shape index (κ2) is 6.21. The van der Waals surface area contributed by atoms with Crippen LogP contribution in [0, 0.1) is 6.92 Å². The molecule has 0 saturated carbocycles. The molecule has 0 heterocycles. The lowest BCUT2D eigenvalue weighted by Crippen LogP contribution is -2.41. The number of hydrogen-bond donors (Lipinski definition) is 2. The monoisotopic (exact) mass is 232 g/mol. The summed E-state index contributed by atoms with van der Waals surface area (Å²) < 4.78 is 0. The van der Waals surface area contributed by atoms with Gasteiger partial charge in [-0.3, -0.25) is 4.79 Å². The van der Waals surface area contributed by atoms with E-state index in [0.717, 1.165) is 11.1 Å². The highest BCUT2D eigenvalue weighted by Crippen LogP contribution is 2.16. The Bertz CT molecular complexity index is 401. The third-order valence-corrected chi connectivity index (χ3v) is 2.77. The van der Waals surface area contributed by atoms with Crippen LogP contribution in [0.5, 0.6) is 0 Å². The molecule has 1 rings (SSSR count). The molecule has 1 aromatic carbocycles. The largest absolute Gasteiger partial charge is 0.348 e. The van der Waals surface area contributed by atoms with Gasteiger partial charge in [0.15, 0.2) is 0 Å². The zero-order valence-corrected chi connectivity index (χ0v) is 10.4. The van der Waals surface area contributed by atoms with Crippen LogP contribution < -0.4 is 11.1 Å². The molecule has 0 radical (unpaired) electrons. The van der Waals surface area contributed by atoms with Gasteiger partial charge in [-0.05, 0) is 31.4 Å². The molecule has 0 saturated heterocycles. The number of hydrogen-bond acceptors (Lipinski definition) is 2. The van der Waals surface area contributed by atoms with Crippen molar-refractivity contribution in [2.75, 3.05) is 0 Å². The van der Waals surface area contributed by atoms with Gasteiger partial charge in [-0.15, -0.1) is 6.58 Å². The summed E-state index contributed by atoms with van der Waals surface area (Å²) in [4.78, 5) is 11.7. The molecule has 0 fully saturated rings. The van der Waals surface area contributed by atoms with Crippen molar-refractivity contribution < 1.29 is 4.79 Å². The molecule has 0 aliphatic heterocycles.